The van der Waals surface area contributed by atoms with Crippen LogP contribution in [-0.2, 0) is 22.4 Å². The van der Waals surface area contributed by atoms with Gasteiger partial charge in [0.1, 0.15) is 0 Å². The molecule has 2 saturated heterocycles. The van der Waals surface area contributed by atoms with E-state index in [1.807, 2.05) is 17.0 Å². The molecule has 0 spiro atoms. The van der Waals surface area contributed by atoms with E-state index in [-0.39, 0.29) is 23.8 Å². The average molecular weight is 287 g/mol. The van der Waals surface area contributed by atoms with Gasteiger partial charge in [0.15, 0.2) is 0 Å². The summed E-state index contributed by atoms with van der Waals surface area (Å²) in [6.45, 7) is 2.77. The van der Waals surface area contributed by atoms with E-state index < -0.39 is 0 Å². The van der Waals surface area contributed by atoms with Gasteiger partial charge >= 0.3 is 0 Å². The zero-order chi connectivity index (χ0) is 14.4. The summed E-state index contributed by atoms with van der Waals surface area (Å²) >= 11 is 0. The Balaban J connectivity index is 1.48. The van der Waals surface area contributed by atoms with Gasteiger partial charge < -0.3 is 14.7 Å². The number of aliphatic hydroxyl groups excluding tert-OH is 1. The van der Waals surface area contributed by atoms with E-state index in [9.17, 15) is 9.90 Å². The van der Waals surface area contributed by atoms with Crippen LogP contribution in [0.25, 0.3) is 0 Å². The molecule has 2 fully saturated rings. The van der Waals surface area contributed by atoms with Crippen molar-refractivity contribution in [2.45, 2.75) is 12.8 Å². The highest BCUT2D eigenvalue weighted by molar-refractivity contribution is 5.81. The number of carbonyl (C=O) groups is 1. The van der Waals surface area contributed by atoms with Crippen LogP contribution >= 0.6 is 0 Å². The number of rotatable bonds is 2. The fourth-order valence-electron chi connectivity index (χ4n) is 4.22. The second-order valence-corrected chi connectivity index (χ2v) is 6.83. The number of benzene rings is 1. The normalized spacial score (nSPS) is 31.5. The number of fused-ring (bicyclic) bond motifs is 2. The number of amides is 1. The number of ether oxygens (including phenoxy) is 1. The summed E-state index contributed by atoms with van der Waals surface area (Å²) in [4.78, 5) is 14.8. The molecule has 1 amide bonds. The number of hydrogen-bond donors (Lipinski definition) is 1. The smallest absolute Gasteiger partial charge is 0.226 e. The van der Waals surface area contributed by atoms with Gasteiger partial charge in [0.05, 0.1) is 19.8 Å². The molecule has 4 heteroatoms. The van der Waals surface area contributed by atoms with Crippen LogP contribution in [0.2, 0.25) is 0 Å². The molecule has 2 aliphatic heterocycles. The van der Waals surface area contributed by atoms with Crippen molar-refractivity contribution in [2.75, 3.05) is 32.9 Å². The van der Waals surface area contributed by atoms with Crippen LogP contribution in [0.3, 0.4) is 0 Å². The first kappa shape index (κ1) is 13.3. The summed E-state index contributed by atoms with van der Waals surface area (Å²) < 4.78 is 5.51. The second kappa shape index (κ2) is 4.82. The Hall–Kier alpha value is -1.39. The van der Waals surface area contributed by atoms with Crippen molar-refractivity contribution in [3.8, 4) is 0 Å². The highest BCUT2D eigenvalue weighted by Gasteiger charge is 2.52. The lowest BCUT2D eigenvalue weighted by atomic mass is 9.82. The molecule has 112 valence electrons. The zero-order valence-electron chi connectivity index (χ0n) is 12.1. The Labute approximate surface area is 124 Å². The first-order chi connectivity index (χ1) is 10.2. The van der Waals surface area contributed by atoms with Gasteiger partial charge in [-0.15, -0.1) is 0 Å². The number of aliphatic hydroxyl groups is 1. The Morgan fingerprint density at radius 3 is 2.67 bits per heavy atom. The number of nitrogens with zero attached hydrogens (tertiary/aromatic N) is 1. The van der Waals surface area contributed by atoms with E-state index in [4.69, 9.17) is 4.74 Å². The third-order valence-electron chi connectivity index (χ3n) is 5.55. The highest BCUT2D eigenvalue weighted by Crippen LogP contribution is 2.42. The van der Waals surface area contributed by atoms with Gasteiger partial charge in [0.25, 0.3) is 0 Å². The molecular weight excluding hydrogens is 266 g/mol. The maximum absolute atomic E-state index is 12.8. The van der Waals surface area contributed by atoms with Crippen molar-refractivity contribution < 1.29 is 14.6 Å². The van der Waals surface area contributed by atoms with Crippen molar-refractivity contribution in [1.82, 2.24) is 4.90 Å². The fraction of sp³-hybridized carbons (Fsp3) is 0.588. The van der Waals surface area contributed by atoms with Crippen molar-refractivity contribution >= 4 is 5.91 Å². The maximum Gasteiger partial charge on any atom is 0.226 e. The molecule has 4 nitrogen and oxygen atoms in total. The van der Waals surface area contributed by atoms with E-state index in [0.717, 1.165) is 19.4 Å². The van der Waals surface area contributed by atoms with Gasteiger partial charge in [-0.3, -0.25) is 4.79 Å². The molecule has 1 aromatic carbocycles. The summed E-state index contributed by atoms with van der Waals surface area (Å²) in [6, 6.07) is 8.35. The topological polar surface area (TPSA) is 49.8 Å². The highest BCUT2D eigenvalue weighted by atomic mass is 16.5. The first-order valence-electron chi connectivity index (χ1n) is 7.76. The number of likely N-dealkylation sites (tertiary alicyclic amines) is 1. The standard InChI is InChI=1S/C17H21NO3/c19-10-17-9-18(7-15(17)8-21-11-17)16(20)14-5-12-3-1-2-4-13(12)6-14/h1-4,14-15,19H,5-11H2/t15-,17-/m0/s1. The lowest BCUT2D eigenvalue weighted by Gasteiger charge is -2.25. The first-order valence-corrected chi connectivity index (χ1v) is 7.76. The predicted octanol–water partition coefficient (Wildman–Crippen LogP) is 0.869. The van der Waals surface area contributed by atoms with Crippen molar-refractivity contribution in [3.63, 3.8) is 0 Å². The van der Waals surface area contributed by atoms with Crippen LogP contribution in [0.4, 0.5) is 0 Å². The summed E-state index contributed by atoms with van der Waals surface area (Å²) in [7, 11) is 0. The van der Waals surface area contributed by atoms with Crippen LogP contribution in [0.5, 0.6) is 0 Å². The maximum atomic E-state index is 12.8. The Bertz CT molecular complexity index is 548. The van der Waals surface area contributed by atoms with E-state index >= 15 is 0 Å². The largest absolute Gasteiger partial charge is 0.396 e. The van der Waals surface area contributed by atoms with E-state index in [0.29, 0.717) is 25.7 Å². The quantitative estimate of drug-likeness (QED) is 0.878. The molecule has 1 aliphatic carbocycles. The molecule has 1 aromatic rings. The molecule has 2 atom stereocenters. The molecule has 0 aromatic heterocycles. The molecule has 0 unspecified atom stereocenters. The van der Waals surface area contributed by atoms with Crippen molar-refractivity contribution in [1.29, 1.82) is 0 Å². The summed E-state index contributed by atoms with van der Waals surface area (Å²) in [5.41, 5.74) is 2.42. The molecule has 21 heavy (non-hydrogen) atoms. The van der Waals surface area contributed by atoms with Crippen molar-refractivity contribution in [3.05, 3.63) is 35.4 Å². The van der Waals surface area contributed by atoms with Crippen LogP contribution in [0.1, 0.15) is 11.1 Å². The van der Waals surface area contributed by atoms with Crippen LogP contribution < -0.4 is 0 Å². The van der Waals surface area contributed by atoms with Crippen LogP contribution in [-0.4, -0.2) is 48.8 Å². The SMILES string of the molecule is O=C(C1Cc2ccccc2C1)N1C[C@H]2COC[C@@]2(CO)C1. The lowest BCUT2D eigenvalue weighted by Crippen LogP contribution is -2.39. The number of carbonyl (C=O) groups excluding carboxylic acids is 1. The molecule has 0 saturated carbocycles. The lowest BCUT2D eigenvalue weighted by molar-refractivity contribution is -0.135. The summed E-state index contributed by atoms with van der Waals surface area (Å²) in [5.74, 6) is 0.640. The van der Waals surface area contributed by atoms with Crippen LogP contribution in [0.15, 0.2) is 24.3 Å². The summed E-state index contributed by atoms with van der Waals surface area (Å²) in [5, 5.41) is 9.72. The fourth-order valence-corrected chi connectivity index (χ4v) is 4.22. The minimum atomic E-state index is -0.207. The molecule has 0 bridgehead atoms. The van der Waals surface area contributed by atoms with E-state index in [1.54, 1.807) is 0 Å². The Morgan fingerprint density at radius 1 is 1.33 bits per heavy atom. The zero-order valence-corrected chi connectivity index (χ0v) is 12.1. The minimum Gasteiger partial charge on any atom is -0.396 e. The van der Waals surface area contributed by atoms with Gasteiger partial charge in [-0.1, -0.05) is 24.3 Å². The minimum absolute atomic E-state index is 0.0814. The summed E-state index contributed by atoms with van der Waals surface area (Å²) in [6.07, 6.45) is 1.72. The molecule has 2 heterocycles. The Morgan fingerprint density at radius 2 is 2.05 bits per heavy atom. The van der Waals surface area contributed by atoms with Gasteiger partial charge in [0, 0.05) is 30.3 Å². The monoisotopic (exact) mass is 287 g/mol. The van der Waals surface area contributed by atoms with Gasteiger partial charge in [-0.25, -0.2) is 0 Å². The Kier molecular flexibility index (Phi) is 3.05. The van der Waals surface area contributed by atoms with E-state index in [2.05, 4.69) is 12.1 Å². The second-order valence-electron chi connectivity index (χ2n) is 6.83. The van der Waals surface area contributed by atoms with Crippen LogP contribution in [0, 0.1) is 17.3 Å². The van der Waals surface area contributed by atoms with Gasteiger partial charge in [-0.2, -0.15) is 0 Å². The van der Waals surface area contributed by atoms with Crippen molar-refractivity contribution in [2.24, 2.45) is 17.3 Å². The van der Waals surface area contributed by atoms with Gasteiger partial charge in [-0.05, 0) is 24.0 Å². The number of hydrogen-bond acceptors (Lipinski definition) is 3. The molecule has 0 radical (unpaired) electrons. The average Bonchev–Trinajstić information content (AvgIpc) is 3.17. The van der Waals surface area contributed by atoms with E-state index in [1.165, 1.54) is 11.1 Å². The van der Waals surface area contributed by atoms with Gasteiger partial charge in [0.2, 0.25) is 5.91 Å². The predicted molar refractivity (Wildman–Crippen MR) is 77.7 cm³/mol. The third kappa shape index (κ3) is 2.00. The molecule has 3 aliphatic rings. The molecule has 1 N–H and O–H groups in total. The molecule has 4 rings (SSSR count). The third-order valence-corrected chi connectivity index (χ3v) is 5.55. The molecular formula is C17H21NO3.